The smallest absolute Gasteiger partial charge is 0.250 e. The molecule has 1 aliphatic heterocycles. The zero-order valence-electron chi connectivity index (χ0n) is 11.3. The number of pyridine rings is 1. The van der Waals surface area contributed by atoms with Crippen molar-refractivity contribution in [2.75, 3.05) is 20.1 Å². The van der Waals surface area contributed by atoms with Gasteiger partial charge in [-0.3, -0.25) is 4.79 Å². The van der Waals surface area contributed by atoms with E-state index in [0.29, 0.717) is 12.1 Å². The zero-order valence-corrected chi connectivity index (χ0v) is 11.3. The van der Waals surface area contributed by atoms with Crippen molar-refractivity contribution >= 4 is 0 Å². The normalized spacial score (nSPS) is 25.2. The first-order valence-corrected chi connectivity index (χ1v) is 6.76. The zero-order chi connectivity index (χ0) is 13.0. The first-order valence-electron chi connectivity index (χ1n) is 6.76. The summed E-state index contributed by atoms with van der Waals surface area (Å²) in [7, 11) is 2.18. The van der Waals surface area contributed by atoms with Crippen LogP contribution in [0, 0.1) is 0 Å². The van der Waals surface area contributed by atoms with Crippen molar-refractivity contribution in [2.45, 2.75) is 38.4 Å². The molecule has 0 aromatic carbocycles. The third kappa shape index (κ3) is 3.43. The topological polar surface area (TPSA) is 37.3 Å². The van der Waals surface area contributed by atoms with Gasteiger partial charge in [-0.2, -0.15) is 0 Å². The van der Waals surface area contributed by atoms with Gasteiger partial charge in [-0.15, -0.1) is 0 Å². The first-order chi connectivity index (χ1) is 8.66. The summed E-state index contributed by atoms with van der Waals surface area (Å²) in [6, 6.07) is 6.54. The Hall–Kier alpha value is -1.13. The number of rotatable bonds is 4. The summed E-state index contributed by atoms with van der Waals surface area (Å²) < 4.78 is 1.76. The molecule has 0 radical (unpaired) electrons. The highest BCUT2D eigenvalue weighted by atomic mass is 16.1. The minimum atomic E-state index is 0.0797. The van der Waals surface area contributed by atoms with Gasteiger partial charge in [0.1, 0.15) is 0 Å². The van der Waals surface area contributed by atoms with Gasteiger partial charge in [0.2, 0.25) is 0 Å². The van der Waals surface area contributed by atoms with E-state index in [0.717, 1.165) is 19.6 Å². The second kappa shape index (κ2) is 6.16. The fraction of sp³-hybridized carbons (Fsp3) is 0.643. The van der Waals surface area contributed by atoms with Gasteiger partial charge < -0.3 is 14.8 Å². The van der Waals surface area contributed by atoms with Crippen LogP contribution >= 0.6 is 0 Å². The summed E-state index contributed by atoms with van der Waals surface area (Å²) in [5, 5.41) is 3.56. The molecule has 1 N–H and O–H groups in total. The van der Waals surface area contributed by atoms with Crippen LogP contribution in [0.2, 0.25) is 0 Å². The molecule has 4 nitrogen and oxygen atoms in total. The van der Waals surface area contributed by atoms with E-state index in [1.807, 2.05) is 12.3 Å². The molecule has 0 aliphatic carbocycles. The minimum absolute atomic E-state index is 0.0797. The van der Waals surface area contributed by atoms with Gasteiger partial charge >= 0.3 is 0 Å². The Balaban J connectivity index is 1.76. The Morgan fingerprint density at radius 2 is 2.28 bits per heavy atom. The van der Waals surface area contributed by atoms with Crippen molar-refractivity contribution in [1.29, 1.82) is 0 Å². The van der Waals surface area contributed by atoms with E-state index in [-0.39, 0.29) is 5.56 Å². The molecule has 2 unspecified atom stereocenters. The van der Waals surface area contributed by atoms with Crippen molar-refractivity contribution in [1.82, 2.24) is 14.8 Å². The van der Waals surface area contributed by atoms with Crippen LogP contribution in [0.5, 0.6) is 0 Å². The van der Waals surface area contributed by atoms with Crippen LogP contribution in [0.4, 0.5) is 0 Å². The first kappa shape index (κ1) is 13.3. The molecule has 0 spiro atoms. The maximum Gasteiger partial charge on any atom is 0.250 e. The molecule has 2 rings (SSSR count). The molecule has 0 saturated carbocycles. The molecule has 2 atom stereocenters. The Morgan fingerprint density at radius 3 is 3.00 bits per heavy atom. The van der Waals surface area contributed by atoms with Gasteiger partial charge in [-0.05, 0) is 39.4 Å². The summed E-state index contributed by atoms with van der Waals surface area (Å²) in [6.45, 7) is 5.05. The highest BCUT2D eigenvalue weighted by Gasteiger charge is 2.21. The highest BCUT2D eigenvalue weighted by molar-refractivity contribution is 4.93. The number of nitrogens with zero attached hydrogens (tertiary/aromatic N) is 2. The number of nitrogens with one attached hydrogen (secondary N) is 1. The molecule has 1 aromatic heterocycles. The van der Waals surface area contributed by atoms with Gasteiger partial charge in [-0.25, -0.2) is 0 Å². The summed E-state index contributed by atoms with van der Waals surface area (Å²) in [6.07, 6.45) is 4.24. The number of hydrogen-bond acceptors (Lipinski definition) is 3. The van der Waals surface area contributed by atoms with Crippen molar-refractivity contribution in [3.05, 3.63) is 34.7 Å². The summed E-state index contributed by atoms with van der Waals surface area (Å²) >= 11 is 0. The minimum Gasteiger partial charge on any atom is -0.314 e. The lowest BCUT2D eigenvalue weighted by molar-refractivity contribution is 0.168. The predicted octanol–water partition coefficient (Wildman–Crippen LogP) is 0.921. The molecular weight excluding hydrogens is 226 g/mol. The lowest BCUT2D eigenvalue weighted by Crippen LogP contribution is -2.46. The second-order valence-electron chi connectivity index (χ2n) is 5.24. The molecule has 0 bridgehead atoms. The molecule has 4 heteroatoms. The fourth-order valence-corrected chi connectivity index (χ4v) is 2.51. The number of aromatic nitrogens is 1. The van der Waals surface area contributed by atoms with Gasteiger partial charge in [0.25, 0.3) is 5.56 Å². The summed E-state index contributed by atoms with van der Waals surface area (Å²) in [5.74, 6) is 0. The molecule has 1 fully saturated rings. The molecule has 2 heterocycles. The van der Waals surface area contributed by atoms with Gasteiger partial charge in [-0.1, -0.05) is 6.07 Å². The Bertz CT molecular complexity index is 429. The van der Waals surface area contributed by atoms with Crippen LogP contribution in [-0.4, -0.2) is 41.7 Å². The Morgan fingerprint density at radius 1 is 1.44 bits per heavy atom. The van der Waals surface area contributed by atoms with E-state index >= 15 is 0 Å². The van der Waals surface area contributed by atoms with Gasteiger partial charge in [0.15, 0.2) is 0 Å². The van der Waals surface area contributed by atoms with Crippen LogP contribution in [0.15, 0.2) is 29.2 Å². The third-order valence-corrected chi connectivity index (χ3v) is 3.89. The number of hydrogen-bond donors (Lipinski definition) is 1. The van der Waals surface area contributed by atoms with Crippen LogP contribution in [0.1, 0.15) is 19.8 Å². The predicted molar refractivity (Wildman–Crippen MR) is 73.8 cm³/mol. The molecule has 100 valence electrons. The molecule has 1 aromatic rings. The molecule has 18 heavy (non-hydrogen) atoms. The monoisotopic (exact) mass is 249 g/mol. The summed E-state index contributed by atoms with van der Waals surface area (Å²) in [4.78, 5) is 13.9. The maximum atomic E-state index is 11.5. The lowest BCUT2D eigenvalue weighted by Gasteiger charge is -2.35. The van der Waals surface area contributed by atoms with E-state index in [1.165, 1.54) is 12.8 Å². The number of likely N-dealkylation sites (tertiary alicyclic amines) is 1. The van der Waals surface area contributed by atoms with Crippen molar-refractivity contribution in [3.63, 3.8) is 0 Å². The van der Waals surface area contributed by atoms with Crippen molar-refractivity contribution in [2.24, 2.45) is 0 Å². The van der Waals surface area contributed by atoms with Crippen LogP contribution in [-0.2, 0) is 6.54 Å². The average molecular weight is 249 g/mol. The molecular formula is C14H23N3O. The van der Waals surface area contributed by atoms with Crippen LogP contribution in [0.25, 0.3) is 0 Å². The largest absolute Gasteiger partial charge is 0.314 e. The van der Waals surface area contributed by atoms with Crippen LogP contribution in [0.3, 0.4) is 0 Å². The lowest BCUT2D eigenvalue weighted by atomic mass is 9.99. The molecule has 1 aliphatic rings. The van der Waals surface area contributed by atoms with E-state index in [1.54, 1.807) is 16.7 Å². The van der Waals surface area contributed by atoms with Crippen molar-refractivity contribution < 1.29 is 0 Å². The fourth-order valence-electron chi connectivity index (χ4n) is 2.51. The molecule has 1 saturated heterocycles. The summed E-state index contributed by atoms with van der Waals surface area (Å²) in [5.41, 5.74) is 0.0797. The van der Waals surface area contributed by atoms with E-state index in [9.17, 15) is 4.79 Å². The van der Waals surface area contributed by atoms with Gasteiger partial charge in [0.05, 0.1) is 0 Å². The number of piperidine rings is 1. The maximum absolute atomic E-state index is 11.5. The average Bonchev–Trinajstić information content (AvgIpc) is 2.36. The quantitative estimate of drug-likeness (QED) is 0.862. The van der Waals surface area contributed by atoms with Gasteiger partial charge in [0, 0.05) is 37.4 Å². The Kier molecular flexibility index (Phi) is 4.55. The molecule has 0 amide bonds. The third-order valence-electron chi connectivity index (χ3n) is 3.89. The van der Waals surface area contributed by atoms with Crippen molar-refractivity contribution in [3.8, 4) is 0 Å². The van der Waals surface area contributed by atoms with E-state index in [2.05, 4.69) is 24.2 Å². The highest BCUT2D eigenvalue weighted by Crippen LogP contribution is 2.14. The van der Waals surface area contributed by atoms with E-state index in [4.69, 9.17) is 0 Å². The van der Waals surface area contributed by atoms with Crippen LogP contribution < -0.4 is 10.9 Å². The SMILES string of the molecule is CC1CC(NCCn2ccccc2=O)CCN1C. The Labute approximate surface area is 109 Å². The standard InChI is InChI=1S/C14H23N3O/c1-12-11-13(6-9-16(12)2)15-7-10-17-8-4-3-5-14(17)18/h3-5,8,12-13,15H,6-7,9-11H2,1-2H3. The van der Waals surface area contributed by atoms with E-state index < -0.39 is 0 Å². The second-order valence-corrected chi connectivity index (χ2v) is 5.24.